The van der Waals surface area contributed by atoms with Gasteiger partial charge in [-0.1, -0.05) is 30.3 Å². The van der Waals surface area contributed by atoms with Crippen LogP contribution >= 0.6 is 0 Å². The fourth-order valence-corrected chi connectivity index (χ4v) is 3.35. The Kier molecular flexibility index (Phi) is 3.62. The van der Waals surface area contributed by atoms with Crippen LogP contribution in [0.4, 0.5) is 5.69 Å². The molecule has 0 aliphatic rings. The minimum Gasteiger partial charge on any atom is -0.279 e. The number of benzene rings is 2. The highest BCUT2D eigenvalue weighted by Gasteiger charge is 2.17. The van der Waals surface area contributed by atoms with Crippen LogP contribution in [0.5, 0.6) is 0 Å². The van der Waals surface area contributed by atoms with E-state index in [-0.39, 0.29) is 0 Å². The number of para-hydroxylation sites is 1. The number of aryl methyl sites for hydroxylation is 3. The fraction of sp³-hybridized carbons (Fsp3) is 0.200. The Hall–Kier alpha value is -1.81. The van der Waals surface area contributed by atoms with Crippen molar-refractivity contribution in [1.29, 1.82) is 0 Å². The molecular formula is C15H17NO2S. The third-order valence-corrected chi connectivity index (χ3v) is 4.53. The van der Waals surface area contributed by atoms with Gasteiger partial charge in [0.15, 0.2) is 0 Å². The minimum absolute atomic E-state index is 0.329. The molecule has 0 amide bonds. The molecule has 0 aromatic heterocycles. The van der Waals surface area contributed by atoms with Gasteiger partial charge in [0.25, 0.3) is 10.0 Å². The second-order valence-electron chi connectivity index (χ2n) is 4.69. The van der Waals surface area contributed by atoms with Crippen molar-refractivity contribution in [3.8, 4) is 0 Å². The molecular weight excluding hydrogens is 258 g/mol. The maximum Gasteiger partial charge on any atom is 0.262 e. The molecule has 2 aromatic rings. The highest BCUT2D eigenvalue weighted by Crippen LogP contribution is 2.22. The standard InChI is InChI=1S/C15H17NO2S/c1-11-8-9-13(3)15(10-11)19(17,18)16-14-7-5-4-6-12(14)2/h4-10,16H,1-3H3. The third kappa shape index (κ3) is 2.96. The Bertz CT molecular complexity index is 706. The zero-order chi connectivity index (χ0) is 14.0. The van der Waals surface area contributed by atoms with Crippen molar-refractivity contribution in [2.75, 3.05) is 4.72 Å². The molecule has 2 aromatic carbocycles. The SMILES string of the molecule is Cc1ccc(C)c(S(=O)(=O)Nc2ccccc2C)c1. The van der Waals surface area contributed by atoms with Crippen LogP contribution in [0, 0.1) is 20.8 Å². The van der Waals surface area contributed by atoms with Gasteiger partial charge in [-0.25, -0.2) is 8.42 Å². The first-order valence-electron chi connectivity index (χ1n) is 6.06. The molecule has 0 radical (unpaired) electrons. The molecule has 0 bridgehead atoms. The molecule has 0 aliphatic heterocycles. The van der Waals surface area contributed by atoms with E-state index in [9.17, 15) is 8.42 Å². The molecule has 0 atom stereocenters. The Labute approximate surface area is 114 Å². The van der Waals surface area contributed by atoms with Gasteiger partial charge < -0.3 is 0 Å². The van der Waals surface area contributed by atoms with Crippen LogP contribution in [0.1, 0.15) is 16.7 Å². The van der Waals surface area contributed by atoms with Crippen LogP contribution in [-0.4, -0.2) is 8.42 Å². The van der Waals surface area contributed by atoms with Gasteiger partial charge in [-0.15, -0.1) is 0 Å². The first kappa shape index (κ1) is 13.6. The Balaban J connectivity index is 2.44. The van der Waals surface area contributed by atoms with Crippen molar-refractivity contribution >= 4 is 15.7 Å². The Morgan fingerprint density at radius 1 is 0.895 bits per heavy atom. The predicted molar refractivity (Wildman–Crippen MR) is 77.9 cm³/mol. The molecule has 4 heteroatoms. The van der Waals surface area contributed by atoms with Crippen LogP contribution in [0.2, 0.25) is 0 Å². The predicted octanol–water partition coefficient (Wildman–Crippen LogP) is 3.41. The normalized spacial score (nSPS) is 11.3. The van der Waals surface area contributed by atoms with Crippen molar-refractivity contribution in [3.05, 3.63) is 59.2 Å². The molecule has 0 saturated carbocycles. The summed E-state index contributed by atoms with van der Waals surface area (Å²) in [5.41, 5.74) is 3.18. The first-order valence-corrected chi connectivity index (χ1v) is 7.54. The Morgan fingerprint density at radius 2 is 1.58 bits per heavy atom. The second-order valence-corrected chi connectivity index (χ2v) is 6.34. The van der Waals surface area contributed by atoms with Crippen LogP contribution in [0.3, 0.4) is 0 Å². The second kappa shape index (κ2) is 5.05. The highest BCUT2D eigenvalue weighted by atomic mass is 32.2. The maximum absolute atomic E-state index is 12.4. The fourth-order valence-electron chi connectivity index (χ4n) is 1.88. The van der Waals surface area contributed by atoms with E-state index >= 15 is 0 Å². The molecule has 2 rings (SSSR count). The number of anilines is 1. The number of hydrogen-bond acceptors (Lipinski definition) is 2. The topological polar surface area (TPSA) is 46.2 Å². The number of hydrogen-bond donors (Lipinski definition) is 1. The molecule has 0 aliphatic carbocycles. The van der Waals surface area contributed by atoms with Crippen LogP contribution in [0.25, 0.3) is 0 Å². The summed E-state index contributed by atoms with van der Waals surface area (Å²) in [5, 5.41) is 0. The molecule has 0 spiro atoms. The van der Waals surface area contributed by atoms with Crippen LogP contribution in [-0.2, 0) is 10.0 Å². The summed E-state index contributed by atoms with van der Waals surface area (Å²) in [7, 11) is -3.54. The summed E-state index contributed by atoms with van der Waals surface area (Å²) in [6.07, 6.45) is 0. The van der Waals surface area contributed by atoms with Gasteiger partial charge in [-0.05, 0) is 49.6 Å². The molecule has 0 saturated heterocycles. The molecule has 1 N–H and O–H groups in total. The first-order chi connectivity index (χ1) is 8.90. The van der Waals surface area contributed by atoms with Crippen molar-refractivity contribution in [2.45, 2.75) is 25.7 Å². The van der Waals surface area contributed by atoms with E-state index in [4.69, 9.17) is 0 Å². The van der Waals surface area contributed by atoms with Crippen molar-refractivity contribution in [2.24, 2.45) is 0 Å². The van der Waals surface area contributed by atoms with E-state index < -0.39 is 10.0 Å². The smallest absolute Gasteiger partial charge is 0.262 e. The Morgan fingerprint density at radius 3 is 2.26 bits per heavy atom. The molecule has 0 fully saturated rings. The van der Waals surface area contributed by atoms with E-state index in [1.54, 1.807) is 19.1 Å². The van der Waals surface area contributed by atoms with Crippen molar-refractivity contribution < 1.29 is 8.42 Å². The van der Waals surface area contributed by atoms with E-state index in [0.717, 1.165) is 16.7 Å². The van der Waals surface area contributed by atoms with Gasteiger partial charge >= 0.3 is 0 Å². The van der Waals surface area contributed by atoms with Crippen LogP contribution in [0.15, 0.2) is 47.4 Å². The number of rotatable bonds is 3. The van der Waals surface area contributed by atoms with Gasteiger partial charge in [0.1, 0.15) is 0 Å². The third-order valence-electron chi connectivity index (χ3n) is 3.02. The summed E-state index contributed by atoms with van der Waals surface area (Å²) >= 11 is 0. The summed E-state index contributed by atoms with van der Waals surface area (Å²) in [6, 6.07) is 12.7. The molecule has 3 nitrogen and oxygen atoms in total. The zero-order valence-electron chi connectivity index (χ0n) is 11.3. The van der Waals surface area contributed by atoms with Gasteiger partial charge in [-0.3, -0.25) is 4.72 Å². The average Bonchev–Trinajstić information content (AvgIpc) is 2.35. The average molecular weight is 275 g/mol. The molecule has 0 heterocycles. The van der Waals surface area contributed by atoms with E-state index in [0.29, 0.717) is 10.6 Å². The lowest BCUT2D eigenvalue weighted by Gasteiger charge is -2.12. The van der Waals surface area contributed by atoms with Gasteiger partial charge in [-0.2, -0.15) is 0 Å². The highest BCUT2D eigenvalue weighted by molar-refractivity contribution is 7.92. The van der Waals surface area contributed by atoms with Crippen molar-refractivity contribution in [3.63, 3.8) is 0 Å². The number of sulfonamides is 1. The zero-order valence-corrected chi connectivity index (χ0v) is 12.1. The van der Waals surface area contributed by atoms with Crippen LogP contribution < -0.4 is 4.72 Å². The lowest BCUT2D eigenvalue weighted by Crippen LogP contribution is -2.15. The summed E-state index contributed by atoms with van der Waals surface area (Å²) in [6.45, 7) is 5.55. The lowest BCUT2D eigenvalue weighted by atomic mass is 10.2. The maximum atomic E-state index is 12.4. The molecule has 19 heavy (non-hydrogen) atoms. The lowest BCUT2D eigenvalue weighted by molar-refractivity contribution is 0.600. The van der Waals surface area contributed by atoms with Gasteiger partial charge in [0.2, 0.25) is 0 Å². The van der Waals surface area contributed by atoms with Crippen molar-refractivity contribution in [1.82, 2.24) is 0 Å². The van der Waals surface area contributed by atoms with E-state index in [1.165, 1.54) is 0 Å². The van der Waals surface area contributed by atoms with E-state index in [2.05, 4.69) is 4.72 Å². The summed E-state index contributed by atoms with van der Waals surface area (Å²) in [5.74, 6) is 0. The van der Waals surface area contributed by atoms with E-state index in [1.807, 2.05) is 44.2 Å². The van der Waals surface area contributed by atoms with Gasteiger partial charge in [0, 0.05) is 0 Å². The largest absolute Gasteiger partial charge is 0.279 e. The molecule has 0 unspecified atom stereocenters. The monoisotopic (exact) mass is 275 g/mol. The minimum atomic E-state index is -3.54. The molecule has 100 valence electrons. The number of nitrogens with one attached hydrogen (secondary N) is 1. The summed E-state index contributed by atoms with van der Waals surface area (Å²) in [4.78, 5) is 0.329. The quantitative estimate of drug-likeness (QED) is 0.933. The van der Waals surface area contributed by atoms with Gasteiger partial charge in [0.05, 0.1) is 10.6 Å². The summed E-state index contributed by atoms with van der Waals surface area (Å²) < 4.78 is 27.5.